The van der Waals surface area contributed by atoms with Gasteiger partial charge in [-0.25, -0.2) is 4.98 Å². The smallest absolute Gasteiger partial charge is 0.266 e. The van der Waals surface area contributed by atoms with Crippen molar-refractivity contribution in [2.75, 3.05) is 6.54 Å². The minimum absolute atomic E-state index is 0.227. The third-order valence-electron chi connectivity index (χ3n) is 5.69. The van der Waals surface area contributed by atoms with E-state index in [1.54, 1.807) is 70.1 Å². The van der Waals surface area contributed by atoms with Gasteiger partial charge in [0.1, 0.15) is 5.82 Å². The van der Waals surface area contributed by atoms with E-state index < -0.39 is 6.04 Å². The van der Waals surface area contributed by atoms with Crippen LogP contribution in [-0.2, 0) is 0 Å². The van der Waals surface area contributed by atoms with Crippen molar-refractivity contribution in [2.24, 2.45) is 0 Å². The molecule has 3 aromatic carbocycles. The highest BCUT2D eigenvalue weighted by Crippen LogP contribution is 2.30. The molecular weight excluding hydrogens is 493 g/mol. The van der Waals surface area contributed by atoms with Gasteiger partial charge in [-0.1, -0.05) is 59.9 Å². The second-order valence-electron chi connectivity index (χ2n) is 7.75. The molecule has 0 spiro atoms. The Morgan fingerprint density at radius 1 is 0.971 bits per heavy atom. The van der Waals surface area contributed by atoms with Crippen molar-refractivity contribution in [1.82, 2.24) is 14.5 Å². The summed E-state index contributed by atoms with van der Waals surface area (Å²) in [6, 6.07) is 18.5. The molecule has 0 fully saturated rings. The quantitative estimate of drug-likeness (QED) is 0.279. The largest absolute Gasteiger partial charge is 0.329 e. The predicted octanol–water partition coefficient (Wildman–Crippen LogP) is 6.96. The summed E-state index contributed by atoms with van der Waals surface area (Å²) in [5.74, 6) is 0.185. The maximum atomic E-state index is 13.7. The Morgan fingerprint density at radius 3 is 2.38 bits per heavy atom. The molecule has 4 aromatic rings. The van der Waals surface area contributed by atoms with Crippen LogP contribution in [0.3, 0.4) is 0 Å². The Morgan fingerprint density at radius 2 is 1.71 bits per heavy atom. The minimum Gasteiger partial charge on any atom is -0.329 e. The molecule has 0 radical (unpaired) electrons. The van der Waals surface area contributed by atoms with Gasteiger partial charge in [0.25, 0.3) is 11.5 Å². The van der Waals surface area contributed by atoms with Gasteiger partial charge in [-0.05, 0) is 61.9 Å². The average Bonchev–Trinajstić information content (AvgIpc) is 2.82. The van der Waals surface area contributed by atoms with Crippen LogP contribution < -0.4 is 5.56 Å². The fourth-order valence-corrected chi connectivity index (χ4v) is 4.78. The Balaban J connectivity index is 1.94. The van der Waals surface area contributed by atoms with Crippen LogP contribution >= 0.6 is 34.8 Å². The maximum Gasteiger partial charge on any atom is 0.266 e. The molecule has 1 aromatic heterocycles. The topological polar surface area (TPSA) is 55.2 Å². The van der Waals surface area contributed by atoms with E-state index in [0.717, 1.165) is 0 Å². The average molecular weight is 515 g/mol. The first-order valence-corrected chi connectivity index (χ1v) is 12.0. The van der Waals surface area contributed by atoms with Crippen molar-refractivity contribution in [3.8, 4) is 5.69 Å². The van der Waals surface area contributed by atoms with E-state index in [9.17, 15) is 9.59 Å². The second kappa shape index (κ2) is 10.2. The van der Waals surface area contributed by atoms with Crippen LogP contribution in [0.1, 0.15) is 42.5 Å². The van der Waals surface area contributed by atoms with Crippen molar-refractivity contribution in [2.45, 2.75) is 26.3 Å². The monoisotopic (exact) mass is 513 g/mol. The highest BCUT2D eigenvalue weighted by molar-refractivity contribution is 6.36. The van der Waals surface area contributed by atoms with Crippen LogP contribution in [0.15, 0.2) is 71.5 Å². The van der Waals surface area contributed by atoms with Gasteiger partial charge in [0, 0.05) is 16.6 Å². The summed E-state index contributed by atoms with van der Waals surface area (Å²) >= 11 is 18.6. The number of nitrogens with zero attached hydrogens (tertiary/aromatic N) is 3. The number of fused-ring (bicyclic) bond motifs is 1. The van der Waals surface area contributed by atoms with Crippen LogP contribution in [0.25, 0.3) is 16.6 Å². The zero-order chi connectivity index (χ0) is 24.4. The molecule has 0 aliphatic rings. The molecule has 1 unspecified atom stereocenters. The number of carbonyl (C=O) groups is 1. The standard InChI is InChI=1S/C26H22Cl3N3O2/c1-3-23(31(4-2)25(33)19-13-12-17(28)15-21(19)29)24-30-22-11-6-5-10-20(22)26(34)32(24)18-9-7-8-16(27)14-18/h5-15,23H,3-4H2,1-2H3. The summed E-state index contributed by atoms with van der Waals surface area (Å²) in [6.07, 6.45) is 0.524. The van der Waals surface area contributed by atoms with E-state index in [1.807, 2.05) is 19.9 Å². The number of halogens is 3. The molecule has 0 bridgehead atoms. The third-order valence-corrected chi connectivity index (χ3v) is 6.48. The Hall–Kier alpha value is -2.86. The van der Waals surface area contributed by atoms with E-state index in [1.165, 1.54) is 0 Å². The van der Waals surface area contributed by atoms with Gasteiger partial charge in [-0.2, -0.15) is 0 Å². The molecule has 0 saturated carbocycles. The number of hydrogen-bond donors (Lipinski definition) is 0. The lowest BCUT2D eigenvalue weighted by Gasteiger charge is -2.31. The lowest BCUT2D eigenvalue weighted by Crippen LogP contribution is -2.38. The van der Waals surface area contributed by atoms with Gasteiger partial charge in [-0.15, -0.1) is 0 Å². The summed E-state index contributed by atoms with van der Waals surface area (Å²) in [5.41, 5.74) is 1.25. The molecule has 0 N–H and O–H groups in total. The fourth-order valence-electron chi connectivity index (χ4n) is 4.10. The molecule has 0 aliphatic heterocycles. The molecule has 5 nitrogen and oxygen atoms in total. The summed E-state index contributed by atoms with van der Waals surface area (Å²) in [5, 5.41) is 1.69. The lowest BCUT2D eigenvalue weighted by molar-refractivity contribution is 0.0672. The number of aromatic nitrogens is 2. The maximum absolute atomic E-state index is 13.7. The number of carbonyl (C=O) groups excluding carboxylic acids is 1. The lowest BCUT2D eigenvalue weighted by atomic mass is 10.1. The van der Waals surface area contributed by atoms with E-state index in [2.05, 4.69) is 0 Å². The van der Waals surface area contributed by atoms with E-state index in [4.69, 9.17) is 39.8 Å². The Labute approximate surface area is 212 Å². The fraction of sp³-hybridized carbons (Fsp3) is 0.192. The van der Waals surface area contributed by atoms with Crippen LogP contribution in [0.4, 0.5) is 0 Å². The van der Waals surface area contributed by atoms with Gasteiger partial charge in [0.05, 0.1) is 33.2 Å². The van der Waals surface area contributed by atoms with Gasteiger partial charge < -0.3 is 4.90 Å². The summed E-state index contributed by atoms with van der Waals surface area (Å²) in [7, 11) is 0. The van der Waals surface area contributed by atoms with E-state index in [-0.39, 0.29) is 16.5 Å². The van der Waals surface area contributed by atoms with Crippen molar-refractivity contribution in [3.05, 3.63) is 104 Å². The van der Waals surface area contributed by atoms with Crippen molar-refractivity contribution >= 4 is 51.6 Å². The first kappa shape index (κ1) is 24.3. The van der Waals surface area contributed by atoms with Crippen molar-refractivity contribution in [3.63, 3.8) is 0 Å². The molecule has 0 aliphatic carbocycles. The first-order valence-electron chi connectivity index (χ1n) is 10.9. The molecule has 8 heteroatoms. The van der Waals surface area contributed by atoms with Crippen molar-refractivity contribution < 1.29 is 4.79 Å². The highest BCUT2D eigenvalue weighted by atomic mass is 35.5. The summed E-state index contributed by atoms with van der Waals surface area (Å²) in [4.78, 5) is 33.8. The van der Waals surface area contributed by atoms with E-state index >= 15 is 0 Å². The van der Waals surface area contributed by atoms with Crippen LogP contribution in [0.5, 0.6) is 0 Å². The zero-order valence-electron chi connectivity index (χ0n) is 18.6. The number of benzene rings is 3. The molecule has 0 saturated heterocycles. The van der Waals surface area contributed by atoms with Gasteiger partial charge in [0.2, 0.25) is 0 Å². The van der Waals surface area contributed by atoms with Crippen LogP contribution in [-0.4, -0.2) is 26.9 Å². The minimum atomic E-state index is -0.500. The SMILES string of the molecule is CCC(c1nc2ccccc2c(=O)n1-c1cccc(Cl)c1)N(CC)C(=O)c1ccc(Cl)cc1Cl. The normalized spacial score (nSPS) is 12.0. The molecule has 174 valence electrons. The summed E-state index contributed by atoms with van der Waals surface area (Å²) < 4.78 is 1.54. The van der Waals surface area contributed by atoms with E-state index in [0.29, 0.717) is 51.0 Å². The molecule has 1 amide bonds. The first-order chi connectivity index (χ1) is 16.3. The predicted molar refractivity (Wildman–Crippen MR) is 139 cm³/mol. The van der Waals surface area contributed by atoms with Crippen LogP contribution in [0.2, 0.25) is 15.1 Å². The number of para-hydroxylation sites is 1. The second-order valence-corrected chi connectivity index (χ2v) is 9.03. The highest BCUT2D eigenvalue weighted by Gasteiger charge is 2.29. The number of amides is 1. The third kappa shape index (κ3) is 4.56. The molecule has 4 rings (SSSR count). The van der Waals surface area contributed by atoms with Gasteiger partial charge in [0.15, 0.2) is 0 Å². The van der Waals surface area contributed by atoms with Gasteiger partial charge in [-0.3, -0.25) is 14.2 Å². The zero-order valence-corrected chi connectivity index (χ0v) is 20.9. The Kier molecular flexibility index (Phi) is 7.27. The molecular formula is C26H22Cl3N3O2. The Bertz CT molecular complexity index is 1430. The molecule has 1 heterocycles. The number of hydrogen-bond acceptors (Lipinski definition) is 3. The summed E-state index contributed by atoms with van der Waals surface area (Å²) in [6.45, 7) is 4.22. The molecule has 34 heavy (non-hydrogen) atoms. The van der Waals surface area contributed by atoms with Gasteiger partial charge >= 0.3 is 0 Å². The van der Waals surface area contributed by atoms with Crippen LogP contribution in [0, 0.1) is 0 Å². The number of rotatable bonds is 6. The van der Waals surface area contributed by atoms with Crippen molar-refractivity contribution in [1.29, 1.82) is 0 Å². The molecule has 1 atom stereocenters.